The molecule has 1 N–H and O–H groups in total. The molecular formula is C22H19F3N6OS. The fourth-order valence-electron chi connectivity index (χ4n) is 3.24. The second-order valence-corrected chi connectivity index (χ2v) is 8.42. The number of hydrogen-bond donors (Lipinski definition) is 1. The van der Waals surface area contributed by atoms with E-state index in [0.717, 1.165) is 34.3 Å². The number of ketones is 1. The maximum absolute atomic E-state index is 12.7. The minimum atomic E-state index is -4.54. The number of aromatic nitrogens is 5. The van der Waals surface area contributed by atoms with Crippen molar-refractivity contribution in [3.05, 3.63) is 70.1 Å². The summed E-state index contributed by atoms with van der Waals surface area (Å²) in [5, 5.41) is 6.19. The molecule has 0 aliphatic heterocycles. The van der Waals surface area contributed by atoms with Gasteiger partial charge in [-0.2, -0.15) is 18.3 Å². The van der Waals surface area contributed by atoms with E-state index < -0.39 is 11.2 Å². The molecule has 0 fully saturated rings. The minimum Gasteiger partial charge on any atom is -0.321 e. The highest BCUT2D eigenvalue weighted by Gasteiger charge is 2.35. The Hall–Kier alpha value is -3.60. The van der Waals surface area contributed by atoms with Crippen LogP contribution in [-0.4, -0.2) is 30.5 Å². The Labute approximate surface area is 191 Å². The van der Waals surface area contributed by atoms with Crippen molar-refractivity contribution in [2.75, 3.05) is 5.32 Å². The van der Waals surface area contributed by atoms with Gasteiger partial charge in [-0.25, -0.2) is 15.0 Å². The number of hydrogen-bond acceptors (Lipinski definition) is 7. The molecule has 4 rings (SSSR count). The zero-order chi connectivity index (χ0) is 23.6. The molecule has 4 aromatic rings. The molecule has 11 heteroatoms. The van der Waals surface area contributed by atoms with Crippen molar-refractivity contribution in [1.29, 1.82) is 0 Å². The van der Waals surface area contributed by atoms with Gasteiger partial charge in [-0.1, -0.05) is 12.1 Å². The summed E-state index contributed by atoms with van der Waals surface area (Å²) in [5.74, 6) is 0.0870. The van der Waals surface area contributed by atoms with Crippen molar-refractivity contribution in [2.45, 2.75) is 25.9 Å². The number of benzene rings is 1. The second kappa shape index (κ2) is 9.10. The van der Waals surface area contributed by atoms with E-state index in [2.05, 4.69) is 25.4 Å². The number of rotatable bonds is 7. The van der Waals surface area contributed by atoms with E-state index >= 15 is 0 Å². The molecule has 0 aliphatic rings. The van der Waals surface area contributed by atoms with Gasteiger partial charge < -0.3 is 5.32 Å². The predicted molar refractivity (Wildman–Crippen MR) is 118 cm³/mol. The Morgan fingerprint density at radius 3 is 2.67 bits per heavy atom. The quantitative estimate of drug-likeness (QED) is 0.371. The van der Waals surface area contributed by atoms with Crippen LogP contribution in [0.2, 0.25) is 0 Å². The van der Waals surface area contributed by atoms with Crippen molar-refractivity contribution >= 4 is 28.8 Å². The van der Waals surface area contributed by atoms with Crippen molar-refractivity contribution < 1.29 is 18.0 Å². The summed E-state index contributed by atoms with van der Waals surface area (Å²) in [6.45, 7) is 1.92. The van der Waals surface area contributed by atoms with Gasteiger partial charge in [0, 0.05) is 37.6 Å². The van der Waals surface area contributed by atoms with Crippen LogP contribution < -0.4 is 5.32 Å². The molecule has 0 saturated carbocycles. The summed E-state index contributed by atoms with van der Waals surface area (Å²) >= 11 is 0.379. The molecular weight excluding hydrogens is 453 g/mol. The van der Waals surface area contributed by atoms with Crippen molar-refractivity contribution in [1.82, 2.24) is 24.7 Å². The van der Waals surface area contributed by atoms with Gasteiger partial charge in [0.05, 0.1) is 22.5 Å². The number of alkyl halides is 3. The molecule has 3 aromatic heterocycles. The molecule has 0 spiro atoms. The van der Waals surface area contributed by atoms with Crippen LogP contribution in [0.3, 0.4) is 0 Å². The third-order valence-corrected chi connectivity index (χ3v) is 5.98. The fourth-order valence-corrected chi connectivity index (χ4v) is 3.99. The predicted octanol–water partition coefficient (Wildman–Crippen LogP) is 5.22. The normalized spacial score (nSPS) is 11.5. The highest BCUT2D eigenvalue weighted by molar-refractivity contribution is 7.13. The van der Waals surface area contributed by atoms with E-state index in [9.17, 15) is 18.0 Å². The van der Waals surface area contributed by atoms with Gasteiger partial charge in [-0.05, 0) is 36.6 Å². The van der Waals surface area contributed by atoms with E-state index in [-0.39, 0.29) is 17.1 Å². The number of aryl methyl sites for hydroxylation is 3. The van der Waals surface area contributed by atoms with Gasteiger partial charge in [0.15, 0.2) is 10.8 Å². The van der Waals surface area contributed by atoms with Crippen LogP contribution in [0.4, 0.5) is 24.8 Å². The largest absolute Gasteiger partial charge is 0.443 e. The molecule has 170 valence electrons. The summed E-state index contributed by atoms with van der Waals surface area (Å²) < 4.78 is 39.8. The number of nitrogens with zero attached hydrogens (tertiary/aromatic N) is 5. The molecule has 0 aliphatic carbocycles. The van der Waals surface area contributed by atoms with Crippen molar-refractivity contribution in [3.63, 3.8) is 0 Å². The van der Waals surface area contributed by atoms with Crippen LogP contribution in [0.25, 0.3) is 11.3 Å². The first-order chi connectivity index (χ1) is 15.7. The van der Waals surface area contributed by atoms with Crippen LogP contribution in [0.1, 0.15) is 32.2 Å². The monoisotopic (exact) mass is 472 g/mol. The first-order valence-corrected chi connectivity index (χ1v) is 10.8. The summed E-state index contributed by atoms with van der Waals surface area (Å²) in [4.78, 5) is 24.4. The Morgan fingerprint density at radius 2 is 2.00 bits per heavy atom. The zero-order valence-electron chi connectivity index (χ0n) is 17.7. The number of nitrogens with one attached hydrogen (secondary N) is 1. The number of thiazole rings is 1. The number of halogens is 3. The molecule has 0 amide bonds. The van der Waals surface area contributed by atoms with Gasteiger partial charge in [-0.3, -0.25) is 9.48 Å². The van der Waals surface area contributed by atoms with Crippen LogP contribution >= 0.6 is 11.3 Å². The molecule has 1 aromatic carbocycles. The molecule has 0 bridgehead atoms. The lowest BCUT2D eigenvalue weighted by Crippen LogP contribution is -2.03. The highest BCUT2D eigenvalue weighted by Crippen LogP contribution is 2.33. The van der Waals surface area contributed by atoms with Crippen LogP contribution in [-0.2, 0) is 19.6 Å². The van der Waals surface area contributed by atoms with Gasteiger partial charge in [-0.15, -0.1) is 11.3 Å². The van der Waals surface area contributed by atoms with Gasteiger partial charge in [0.2, 0.25) is 5.95 Å². The van der Waals surface area contributed by atoms with Gasteiger partial charge >= 0.3 is 6.18 Å². The van der Waals surface area contributed by atoms with E-state index in [1.165, 1.54) is 0 Å². The molecule has 33 heavy (non-hydrogen) atoms. The first-order valence-electron chi connectivity index (χ1n) is 9.94. The van der Waals surface area contributed by atoms with Crippen LogP contribution in [0.5, 0.6) is 0 Å². The smallest absolute Gasteiger partial charge is 0.321 e. The topological polar surface area (TPSA) is 85.6 Å². The number of carbonyl (C=O) groups excluding carboxylic acids is 1. The highest BCUT2D eigenvalue weighted by atomic mass is 32.1. The lowest BCUT2D eigenvalue weighted by atomic mass is 9.98. The number of carbonyl (C=O) groups is 1. The van der Waals surface area contributed by atoms with Crippen LogP contribution in [0.15, 0.2) is 49.1 Å². The average Bonchev–Trinajstić information content (AvgIpc) is 3.42. The lowest BCUT2D eigenvalue weighted by Gasteiger charge is -2.09. The Bertz CT molecular complexity index is 1300. The minimum absolute atomic E-state index is 0.0197. The van der Waals surface area contributed by atoms with Crippen molar-refractivity contribution in [2.24, 2.45) is 7.05 Å². The maximum atomic E-state index is 12.7. The molecule has 0 saturated heterocycles. The lowest BCUT2D eigenvalue weighted by molar-refractivity contribution is -0.137. The maximum Gasteiger partial charge on any atom is 0.443 e. The number of anilines is 2. The van der Waals surface area contributed by atoms with E-state index in [1.54, 1.807) is 23.1 Å². The third kappa shape index (κ3) is 5.43. The van der Waals surface area contributed by atoms with Gasteiger partial charge in [0.1, 0.15) is 0 Å². The standard InChI is InChI=1S/C22H19F3N6OS/c1-13-9-15(17-7-8-26-21(30-17)29-16-10-28-31(2)12-16)4-3-14(13)5-6-18(32)19-11-27-20(33-19)22(23,24)25/h3-4,7-12H,5-6H2,1-2H3,(H,26,29,30). The Balaban J connectivity index is 1.43. The average molecular weight is 472 g/mol. The Kier molecular flexibility index (Phi) is 6.23. The SMILES string of the molecule is Cc1cc(-c2ccnc(Nc3cnn(C)c3)n2)ccc1CCC(=O)c1cnc(C(F)(F)F)s1. The first kappa shape index (κ1) is 22.6. The molecule has 0 unspecified atom stereocenters. The molecule has 0 radical (unpaired) electrons. The molecule has 3 heterocycles. The van der Waals surface area contributed by atoms with E-state index in [1.807, 2.05) is 38.4 Å². The summed E-state index contributed by atoms with van der Waals surface area (Å²) in [6.07, 6.45) is 2.13. The zero-order valence-corrected chi connectivity index (χ0v) is 18.5. The van der Waals surface area contributed by atoms with E-state index in [0.29, 0.717) is 23.7 Å². The van der Waals surface area contributed by atoms with E-state index in [4.69, 9.17) is 0 Å². The second-order valence-electron chi connectivity index (χ2n) is 7.39. The number of Topliss-reactive ketones (excluding diaryl/α,β-unsaturated/α-hetero) is 1. The summed E-state index contributed by atoms with van der Waals surface area (Å²) in [5.41, 5.74) is 4.29. The Morgan fingerprint density at radius 1 is 1.18 bits per heavy atom. The van der Waals surface area contributed by atoms with Gasteiger partial charge in [0.25, 0.3) is 0 Å². The fraction of sp³-hybridized carbons (Fsp3) is 0.227. The summed E-state index contributed by atoms with van der Waals surface area (Å²) in [6, 6.07) is 7.57. The third-order valence-electron chi connectivity index (χ3n) is 4.90. The van der Waals surface area contributed by atoms with Crippen molar-refractivity contribution in [3.8, 4) is 11.3 Å². The molecule has 7 nitrogen and oxygen atoms in total. The van der Waals surface area contributed by atoms with Crippen LogP contribution in [0, 0.1) is 6.92 Å². The summed E-state index contributed by atoms with van der Waals surface area (Å²) in [7, 11) is 1.82. The molecule has 0 atom stereocenters.